The van der Waals surface area contributed by atoms with Crippen LogP contribution in [-0.4, -0.2) is 32.8 Å². The van der Waals surface area contributed by atoms with Crippen molar-refractivity contribution in [3.63, 3.8) is 0 Å². The third-order valence-corrected chi connectivity index (χ3v) is 16.8. The minimum atomic E-state index is -1.92. The number of aromatic nitrogens is 4. The molecule has 0 saturated carbocycles. The van der Waals surface area contributed by atoms with E-state index >= 15 is 0 Å². The zero-order chi connectivity index (χ0) is 46.3. The molecule has 339 valence electrons. The zero-order valence-electron chi connectivity index (χ0n) is 40.2. The van der Waals surface area contributed by atoms with Crippen molar-refractivity contribution in [3.05, 3.63) is 187 Å². The summed E-state index contributed by atoms with van der Waals surface area (Å²) in [5, 5.41) is 2.16. The predicted octanol–water partition coefficient (Wildman–Crippen LogP) is 15.8. The number of hydrogen-bond donors (Lipinski definition) is 0. The third-order valence-electron chi connectivity index (χ3n) is 12.4. The zero-order valence-corrected chi connectivity index (χ0v) is 44.7. The Labute approximate surface area is 412 Å². The van der Waals surface area contributed by atoms with Gasteiger partial charge in [-0.2, -0.15) is 0 Å². The second-order valence-electron chi connectivity index (χ2n) is 20.0. The van der Waals surface area contributed by atoms with E-state index in [1.165, 1.54) is 37.9 Å². The molecule has 0 atom stereocenters. The van der Waals surface area contributed by atoms with E-state index in [-0.39, 0.29) is 37.4 Å². The molecule has 0 fully saturated rings. The Kier molecular flexibility index (Phi) is 13.7. The normalized spacial score (nSPS) is 11.9. The average Bonchev–Trinajstić information content (AvgIpc) is 3.90. The molecule has 3 aromatic heterocycles. The molecule has 10 rings (SSSR count). The van der Waals surface area contributed by atoms with E-state index in [4.69, 9.17) is 9.40 Å². The van der Waals surface area contributed by atoms with Crippen molar-refractivity contribution in [3.8, 4) is 50.7 Å². The van der Waals surface area contributed by atoms with Crippen molar-refractivity contribution >= 4 is 50.6 Å². The molecule has 7 heteroatoms. The van der Waals surface area contributed by atoms with Crippen LogP contribution in [-0.2, 0) is 25.5 Å². The first-order valence-electron chi connectivity index (χ1n) is 23.2. The summed E-state index contributed by atoms with van der Waals surface area (Å²) < 4.78 is 10.7. The van der Waals surface area contributed by atoms with Crippen LogP contribution in [0.15, 0.2) is 162 Å². The Morgan fingerprint density at radius 2 is 1.27 bits per heavy atom. The molecular formula is C60H58GeIrN4O-2. The van der Waals surface area contributed by atoms with Gasteiger partial charge in [-0.3, -0.25) is 9.97 Å². The monoisotopic (exact) mass is 1120 g/mol. The van der Waals surface area contributed by atoms with Crippen LogP contribution in [0.4, 0.5) is 0 Å². The van der Waals surface area contributed by atoms with Crippen LogP contribution in [0.25, 0.3) is 83.7 Å². The number of rotatable bonds is 8. The molecule has 1 radical (unpaired) electrons. The molecule has 0 amide bonds. The van der Waals surface area contributed by atoms with Crippen molar-refractivity contribution in [2.45, 2.75) is 83.0 Å². The minimum Gasteiger partial charge on any atom is 0 e. The Morgan fingerprint density at radius 3 is 1.93 bits per heavy atom. The maximum Gasteiger partial charge on any atom is 0 e. The summed E-state index contributed by atoms with van der Waals surface area (Å²) in [5.74, 6) is 9.51. The van der Waals surface area contributed by atoms with Crippen LogP contribution in [0.5, 0.6) is 0 Å². The molecule has 7 aromatic carbocycles. The van der Waals surface area contributed by atoms with Gasteiger partial charge in [0.15, 0.2) is 0 Å². The summed E-state index contributed by atoms with van der Waals surface area (Å²) in [5.41, 5.74) is 15.2. The van der Waals surface area contributed by atoms with Crippen LogP contribution in [0.3, 0.4) is 0 Å². The Bertz CT molecular complexity index is 3290. The Morgan fingerprint density at radius 1 is 0.612 bits per heavy atom. The van der Waals surface area contributed by atoms with Gasteiger partial charge in [0, 0.05) is 42.8 Å². The topological polar surface area (TPSA) is 56.7 Å². The molecule has 0 N–H and O–H groups in total. The fourth-order valence-electron chi connectivity index (χ4n) is 8.72. The molecular weight excluding hydrogens is 1060 g/mol. The van der Waals surface area contributed by atoms with Crippen molar-refractivity contribution < 1.29 is 24.5 Å². The predicted molar refractivity (Wildman–Crippen MR) is 280 cm³/mol. The van der Waals surface area contributed by atoms with Crippen LogP contribution in [0.1, 0.15) is 77.1 Å². The van der Waals surface area contributed by atoms with Crippen LogP contribution < -0.4 is 4.40 Å². The van der Waals surface area contributed by atoms with E-state index < -0.39 is 13.3 Å². The summed E-state index contributed by atoms with van der Waals surface area (Å²) in [6.07, 6.45) is 1.81. The molecule has 0 aliphatic rings. The van der Waals surface area contributed by atoms with E-state index in [1.807, 2.05) is 48.7 Å². The van der Waals surface area contributed by atoms with Crippen molar-refractivity contribution in [1.82, 2.24) is 19.5 Å². The number of para-hydroxylation sites is 2. The van der Waals surface area contributed by atoms with Gasteiger partial charge in [-0.1, -0.05) is 74.7 Å². The molecule has 0 bridgehead atoms. The summed E-state index contributed by atoms with van der Waals surface area (Å²) in [6, 6.07) is 60.3. The Balaban J connectivity index is 0.000000303. The summed E-state index contributed by atoms with van der Waals surface area (Å²) in [7, 11) is 0. The smallest absolute Gasteiger partial charge is 0 e. The van der Waals surface area contributed by atoms with Gasteiger partial charge in [0.2, 0.25) is 0 Å². The number of benzene rings is 7. The fourth-order valence-corrected chi connectivity index (χ4v) is 11.2. The molecule has 67 heavy (non-hydrogen) atoms. The first kappa shape index (κ1) is 47.6. The van der Waals surface area contributed by atoms with Crippen molar-refractivity contribution in [2.75, 3.05) is 0 Å². The van der Waals surface area contributed by atoms with Gasteiger partial charge < -0.3 is 4.42 Å². The van der Waals surface area contributed by atoms with E-state index in [0.29, 0.717) is 0 Å². The van der Waals surface area contributed by atoms with Gasteiger partial charge >= 0.3 is 201 Å². The number of imidazole rings is 1. The molecule has 0 spiro atoms. The average molecular weight is 1120 g/mol. The second-order valence-corrected chi connectivity index (χ2v) is 30.6. The number of furan rings is 1. The fraction of sp³-hybridized carbons (Fsp3) is 0.217. The molecule has 0 aliphatic carbocycles. The van der Waals surface area contributed by atoms with E-state index in [1.54, 1.807) is 0 Å². The van der Waals surface area contributed by atoms with Gasteiger partial charge in [0.1, 0.15) is 5.58 Å². The van der Waals surface area contributed by atoms with E-state index in [9.17, 15) is 0 Å². The van der Waals surface area contributed by atoms with E-state index in [0.717, 1.165) is 67.0 Å². The first-order valence-corrected chi connectivity index (χ1v) is 30.5. The summed E-state index contributed by atoms with van der Waals surface area (Å²) >= 11 is -1.92. The van der Waals surface area contributed by atoms with Gasteiger partial charge in [0.05, 0.1) is 5.82 Å². The summed E-state index contributed by atoms with van der Waals surface area (Å²) in [4.78, 5) is 14.2. The van der Waals surface area contributed by atoms with Crippen LogP contribution in [0.2, 0.25) is 17.3 Å². The molecule has 3 heterocycles. The standard InChI is InChI=1S/C46H43GeN2O.C14H15N2.Ir/c1-29(2)39-26-34(32-20-23-35(24-21-32)47(5,6)7)27-40(30(3)4)44(39)49-42-19-12-11-18-41(42)48-46(49)38-17-13-16-37-36-25-22-33(28-43(36)50-45(37)38)31-14-9-8-10-15-31;1-14(2,3)12-9-10-15-13(16-12)11-7-5-4-6-8-11;/h8-16,18-30H,1-7H3;4-7,9-10H,1-3H3;/q2*-1;. The number of nitrogens with zero attached hydrogens (tertiary/aromatic N) is 4. The maximum atomic E-state index is 6.77. The maximum absolute atomic E-state index is 6.77. The van der Waals surface area contributed by atoms with Crippen molar-refractivity contribution in [2.24, 2.45) is 0 Å². The van der Waals surface area contributed by atoms with Gasteiger partial charge in [-0.05, 0) is 23.3 Å². The third kappa shape index (κ3) is 9.76. The number of hydrogen-bond acceptors (Lipinski definition) is 4. The molecule has 0 saturated heterocycles. The SMILES string of the molecule is CC(C)(C)c1ccnc(-c2[c-]cccc2)n1.CC(C)c1cc(-c2cc[c]([Ge]([CH3])([CH3])[CH3])cc2)cc(C(C)C)c1-n1c(-c2[c-]ccc3c2oc2cc(-c4ccccc4)ccc23)nc2ccccc21.[Ir]. The number of fused-ring (bicyclic) bond motifs is 4. The summed E-state index contributed by atoms with van der Waals surface area (Å²) in [6.45, 7) is 15.7. The quantitative estimate of drug-likeness (QED) is 0.112. The second kappa shape index (κ2) is 19.4. The minimum absolute atomic E-state index is 0. The first-order chi connectivity index (χ1) is 31.7. The van der Waals surface area contributed by atoms with Gasteiger partial charge in [0.25, 0.3) is 0 Å². The van der Waals surface area contributed by atoms with Gasteiger partial charge in [-0.25, -0.2) is 0 Å². The van der Waals surface area contributed by atoms with Gasteiger partial charge in [-0.15, -0.1) is 48.0 Å². The molecule has 10 aromatic rings. The van der Waals surface area contributed by atoms with Crippen LogP contribution in [0, 0.1) is 12.1 Å². The van der Waals surface area contributed by atoms with Crippen molar-refractivity contribution in [1.29, 1.82) is 0 Å². The molecule has 5 nitrogen and oxygen atoms in total. The largest absolute Gasteiger partial charge is 0 e. The van der Waals surface area contributed by atoms with Crippen LogP contribution >= 0.6 is 0 Å². The molecule has 0 unspecified atom stereocenters. The van der Waals surface area contributed by atoms with E-state index in [2.05, 4.69) is 202 Å². The molecule has 0 aliphatic heterocycles. The Hall–Kier alpha value is -5.92.